The molecule has 2 N–H and O–H groups in total. The average molecular weight is 450 g/mol. The SMILES string of the molecule is O=C(O)Oc1cnn(-c2nc3cc(F)c(Oc4cccc(C(F)(F)F)c4)cc3c(=O)[nH]2)c1. The summed E-state index contributed by atoms with van der Waals surface area (Å²) < 4.78 is 63.8. The predicted octanol–water partition coefficient (Wildman–Crippen LogP) is 4.12. The summed E-state index contributed by atoms with van der Waals surface area (Å²) in [6, 6.07) is 5.71. The van der Waals surface area contributed by atoms with E-state index in [-0.39, 0.29) is 28.4 Å². The zero-order valence-electron chi connectivity index (χ0n) is 15.6. The minimum absolute atomic E-state index is 0.103. The fourth-order valence-electron chi connectivity index (χ4n) is 2.75. The summed E-state index contributed by atoms with van der Waals surface area (Å²) >= 11 is 0. The predicted molar refractivity (Wildman–Crippen MR) is 99.6 cm³/mol. The summed E-state index contributed by atoms with van der Waals surface area (Å²) in [5.74, 6) is -2.03. The standard InChI is InChI=1S/C19H10F4N4O5/c20-13-6-14-12(5-15(13)31-10-3-1-2-9(4-10)19(21,22)23)16(28)26-17(25-14)27-8-11(7-24-27)32-18(29)30/h1-8H,(H,29,30)(H,25,26,28). The number of nitrogens with one attached hydrogen (secondary N) is 1. The second kappa shape index (κ2) is 7.68. The number of rotatable bonds is 4. The van der Waals surface area contributed by atoms with Gasteiger partial charge in [-0.2, -0.15) is 18.3 Å². The molecule has 0 unspecified atom stereocenters. The molecule has 32 heavy (non-hydrogen) atoms. The lowest BCUT2D eigenvalue weighted by Crippen LogP contribution is -2.14. The quantitative estimate of drug-likeness (QED) is 0.355. The highest BCUT2D eigenvalue weighted by atomic mass is 19.4. The van der Waals surface area contributed by atoms with E-state index in [2.05, 4.69) is 19.8 Å². The number of fused-ring (bicyclic) bond motifs is 1. The fourth-order valence-corrected chi connectivity index (χ4v) is 2.75. The Balaban J connectivity index is 1.70. The van der Waals surface area contributed by atoms with Gasteiger partial charge in [0.2, 0.25) is 5.95 Å². The smallest absolute Gasteiger partial charge is 0.454 e. The number of hydrogen-bond acceptors (Lipinski definition) is 6. The fraction of sp³-hybridized carbons (Fsp3) is 0.0526. The number of H-pyrrole nitrogens is 1. The molecule has 0 atom stereocenters. The van der Waals surface area contributed by atoms with Gasteiger partial charge in [0, 0.05) is 6.07 Å². The number of aromatic amines is 1. The molecule has 2 aromatic carbocycles. The van der Waals surface area contributed by atoms with Crippen molar-refractivity contribution >= 4 is 17.1 Å². The summed E-state index contributed by atoms with van der Waals surface area (Å²) in [5, 5.41) is 12.3. The third kappa shape index (κ3) is 4.21. The Bertz CT molecular complexity index is 1400. The molecule has 0 fully saturated rings. The first kappa shape index (κ1) is 20.8. The van der Waals surface area contributed by atoms with Crippen LogP contribution in [0.25, 0.3) is 16.9 Å². The van der Waals surface area contributed by atoms with Crippen LogP contribution in [0.15, 0.2) is 53.6 Å². The summed E-state index contributed by atoms with van der Waals surface area (Å²) in [6.07, 6.45) is -3.99. The van der Waals surface area contributed by atoms with Crippen molar-refractivity contribution in [2.24, 2.45) is 0 Å². The summed E-state index contributed by atoms with van der Waals surface area (Å²) in [7, 11) is 0. The van der Waals surface area contributed by atoms with Gasteiger partial charge in [-0.1, -0.05) is 6.07 Å². The normalized spacial score (nSPS) is 11.5. The van der Waals surface area contributed by atoms with Gasteiger partial charge in [-0.15, -0.1) is 0 Å². The van der Waals surface area contributed by atoms with Crippen LogP contribution in [0.5, 0.6) is 17.2 Å². The summed E-state index contributed by atoms with van der Waals surface area (Å²) in [6.45, 7) is 0. The molecular weight excluding hydrogens is 440 g/mol. The lowest BCUT2D eigenvalue weighted by atomic mass is 10.2. The van der Waals surface area contributed by atoms with Gasteiger partial charge in [0.05, 0.1) is 28.9 Å². The molecule has 0 amide bonds. The number of aromatic nitrogens is 4. The molecule has 2 aromatic heterocycles. The molecule has 0 saturated heterocycles. The van der Waals surface area contributed by atoms with Gasteiger partial charge in [-0.3, -0.25) is 9.78 Å². The third-order valence-electron chi connectivity index (χ3n) is 4.12. The molecule has 4 aromatic rings. The van der Waals surface area contributed by atoms with Crippen molar-refractivity contribution in [3.63, 3.8) is 0 Å². The van der Waals surface area contributed by atoms with Crippen LogP contribution in [0.2, 0.25) is 0 Å². The van der Waals surface area contributed by atoms with E-state index in [4.69, 9.17) is 9.84 Å². The molecule has 0 spiro atoms. The Morgan fingerprint density at radius 2 is 1.94 bits per heavy atom. The van der Waals surface area contributed by atoms with Gasteiger partial charge >= 0.3 is 12.3 Å². The monoisotopic (exact) mass is 450 g/mol. The van der Waals surface area contributed by atoms with Crippen LogP contribution in [0.4, 0.5) is 22.4 Å². The van der Waals surface area contributed by atoms with Gasteiger partial charge in [-0.05, 0) is 24.3 Å². The Morgan fingerprint density at radius 1 is 1.16 bits per heavy atom. The number of ether oxygens (including phenoxy) is 2. The van der Waals surface area contributed by atoms with Gasteiger partial charge in [0.1, 0.15) is 5.75 Å². The second-order valence-corrected chi connectivity index (χ2v) is 6.31. The van der Waals surface area contributed by atoms with E-state index in [9.17, 15) is 27.2 Å². The van der Waals surface area contributed by atoms with E-state index >= 15 is 0 Å². The molecule has 2 heterocycles. The Labute approximate surface area is 174 Å². The van der Waals surface area contributed by atoms with Gasteiger partial charge in [0.15, 0.2) is 17.3 Å². The van der Waals surface area contributed by atoms with Crippen LogP contribution in [0, 0.1) is 5.82 Å². The molecule has 0 saturated carbocycles. The van der Waals surface area contributed by atoms with E-state index in [0.717, 1.165) is 41.3 Å². The van der Waals surface area contributed by atoms with Crippen LogP contribution >= 0.6 is 0 Å². The highest BCUT2D eigenvalue weighted by molar-refractivity contribution is 5.80. The maximum absolute atomic E-state index is 14.5. The number of nitrogens with zero attached hydrogens (tertiary/aromatic N) is 3. The molecule has 0 aliphatic heterocycles. The van der Waals surface area contributed by atoms with E-state index in [1.165, 1.54) is 6.07 Å². The molecule has 4 rings (SSSR count). The van der Waals surface area contributed by atoms with Crippen LogP contribution < -0.4 is 15.0 Å². The zero-order valence-corrected chi connectivity index (χ0v) is 15.6. The van der Waals surface area contributed by atoms with Crippen LogP contribution in [0.3, 0.4) is 0 Å². The number of carbonyl (C=O) groups is 1. The maximum Gasteiger partial charge on any atom is 0.511 e. The Morgan fingerprint density at radius 3 is 2.66 bits per heavy atom. The zero-order chi connectivity index (χ0) is 23.0. The topological polar surface area (TPSA) is 119 Å². The number of carboxylic acid groups (broad SMARTS) is 1. The van der Waals surface area contributed by atoms with Crippen molar-refractivity contribution in [1.29, 1.82) is 0 Å². The average Bonchev–Trinajstić information content (AvgIpc) is 3.16. The Hall–Kier alpha value is -4.42. The van der Waals surface area contributed by atoms with Gasteiger partial charge in [-0.25, -0.2) is 18.9 Å². The molecule has 0 radical (unpaired) electrons. The number of hydrogen-bond donors (Lipinski definition) is 2. The minimum atomic E-state index is -4.61. The summed E-state index contributed by atoms with van der Waals surface area (Å²) in [5.41, 5.74) is -1.81. The van der Waals surface area contributed by atoms with Crippen molar-refractivity contribution in [2.75, 3.05) is 0 Å². The number of halogens is 4. The minimum Gasteiger partial charge on any atom is -0.454 e. The van der Waals surface area contributed by atoms with Crippen LogP contribution in [-0.2, 0) is 6.18 Å². The van der Waals surface area contributed by atoms with Gasteiger partial charge in [0.25, 0.3) is 5.56 Å². The first-order valence-corrected chi connectivity index (χ1v) is 8.64. The van der Waals surface area contributed by atoms with E-state index < -0.39 is 35.0 Å². The van der Waals surface area contributed by atoms with E-state index in [1.54, 1.807) is 0 Å². The van der Waals surface area contributed by atoms with Crippen molar-refractivity contribution in [1.82, 2.24) is 19.7 Å². The second-order valence-electron chi connectivity index (χ2n) is 6.31. The van der Waals surface area contributed by atoms with Crippen LogP contribution in [0.1, 0.15) is 5.56 Å². The van der Waals surface area contributed by atoms with Crippen molar-refractivity contribution in [2.45, 2.75) is 6.18 Å². The third-order valence-corrected chi connectivity index (χ3v) is 4.12. The Kier molecular flexibility index (Phi) is 5.00. The maximum atomic E-state index is 14.5. The molecule has 9 nitrogen and oxygen atoms in total. The molecular formula is C19H10F4N4O5. The van der Waals surface area contributed by atoms with Gasteiger partial charge < -0.3 is 14.6 Å². The highest BCUT2D eigenvalue weighted by Gasteiger charge is 2.30. The lowest BCUT2D eigenvalue weighted by Gasteiger charge is -2.11. The van der Waals surface area contributed by atoms with E-state index in [0.29, 0.717) is 6.07 Å². The molecule has 0 aliphatic carbocycles. The molecule has 0 bridgehead atoms. The molecule has 13 heteroatoms. The highest BCUT2D eigenvalue weighted by Crippen LogP contribution is 2.33. The van der Waals surface area contributed by atoms with E-state index in [1.807, 2.05) is 0 Å². The first-order chi connectivity index (χ1) is 15.1. The van der Waals surface area contributed by atoms with Crippen molar-refractivity contribution in [3.05, 3.63) is 70.5 Å². The summed E-state index contributed by atoms with van der Waals surface area (Å²) in [4.78, 5) is 29.5. The molecule has 164 valence electrons. The van der Waals surface area contributed by atoms with Crippen molar-refractivity contribution < 1.29 is 36.9 Å². The lowest BCUT2D eigenvalue weighted by molar-refractivity contribution is -0.137. The largest absolute Gasteiger partial charge is 0.511 e. The first-order valence-electron chi connectivity index (χ1n) is 8.64. The molecule has 0 aliphatic rings. The van der Waals surface area contributed by atoms with Crippen LogP contribution in [-0.4, -0.2) is 31.0 Å². The number of alkyl halides is 3. The number of benzene rings is 2. The van der Waals surface area contributed by atoms with Crippen molar-refractivity contribution in [3.8, 4) is 23.2 Å².